The molecule has 1 fully saturated rings. The lowest BCUT2D eigenvalue weighted by Gasteiger charge is -2.23. The molecule has 1 atom stereocenters. The van der Waals surface area contributed by atoms with Crippen LogP contribution < -0.4 is 5.32 Å². The number of nitrogens with one attached hydrogen (secondary N) is 1. The van der Waals surface area contributed by atoms with Gasteiger partial charge in [0.25, 0.3) is 0 Å². The van der Waals surface area contributed by atoms with Crippen LogP contribution in [-0.2, 0) is 4.74 Å². The Morgan fingerprint density at radius 1 is 1.62 bits per heavy atom. The van der Waals surface area contributed by atoms with Crippen LogP contribution in [0.4, 0.5) is 5.82 Å². The molecule has 2 rings (SSSR count). The fraction of sp³-hybridized carbons (Fsp3) is 0.556. The lowest BCUT2D eigenvalue weighted by Crippen LogP contribution is -2.35. The molecule has 0 aromatic carbocycles. The number of anilines is 1. The van der Waals surface area contributed by atoms with E-state index < -0.39 is 0 Å². The Labute approximate surface area is 77.4 Å². The highest BCUT2D eigenvalue weighted by Gasteiger charge is 2.29. The summed E-state index contributed by atoms with van der Waals surface area (Å²) >= 11 is 0. The van der Waals surface area contributed by atoms with Gasteiger partial charge >= 0.3 is 0 Å². The quantitative estimate of drug-likeness (QED) is 0.737. The van der Waals surface area contributed by atoms with Gasteiger partial charge in [-0.3, -0.25) is 0 Å². The molecule has 4 nitrogen and oxygen atoms in total. The van der Waals surface area contributed by atoms with E-state index in [9.17, 15) is 0 Å². The maximum atomic E-state index is 5.33. The predicted octanol–water partition coefficient (Wildman–Crippen LogP) is 1.07. The lowest BCUT2D eigenvalue weighted by atomic mass is 10.0. The van der Waals surface area contributed by atoms with Crippen molar-refractivity contribution in [1.29, 1.82) is 0 Å². The minimum atomic E-state index is 0.0361. The van der Waals surface area contributed by atoms with Crippen LogP contribution in [-0.4, -0.2) is 28.7 Å². The average Bonchev–Trinajstić information content (AvgIpc) is 2.54. The topological polar surface area (TPSA) is 47.0 Å². The third kappa shape index (κ3) is 1.95. The minimum absolute atomic E-state index is 0.0361. The Hall–Kier alpha value is -1.16. The number of ether oxygens (including phenoxy) is 1. The van der Waals surface area contributed by atoms with Gasteiger partial charge in [0.2, 0.25) is 0 Å². The molecule has 1 aliphatic rings. The average molecular weight is 179 g/mol. The summed E-state index contributed by atoms with van der Waals surface area (Å²) in [5.41, 5.74) is 0.0361. The smallest absolute Gasteiger partial charge is 0.129 e. The molecule has 0 saturated carbocycles. The first-order valence-corrected chi connectivity index (χ1v) is 4.40. The van der Waals surface area contributed by atoms with Gasteiger partial charge in [-0.15, -0.1) is 0 Å². The fourth-order valence-electron chi connectivity index (χ4n) is 1.44. The molecule has 70 valence electrons. The zero-order valence-electron chi connectivity index (χ0n) is 7.66. The molecule has 0 radical (unpaired) electrons. The monoisotopic (exact) mass is 179 g/mol. The number of nitrogens with zero attached hydrogens (tertiary/aromatic N) is 2. The molecule has 1 saturated heterocycles. The van der Waals surface area contributed by atoms with Crippen molar-refractivity contribution in [2.45, 2.75) is 18.9 Å². The van der Waals surface area contributed by atoms with Gasteiger partial charge in [0, 0.05) is 12.8 Å². The Morgan fingerprint density at radius 3 is 3.15 bits per heavy atom. The fourth-order valence-corrected chi connectivity index (χ4v) is 1.44. The summed E-state index contributed by atoms with van der Waals surface area (Å²) in [7, 11) is 0. The molecular weight excluding hydrogens is 166 g/mol. The Morgan fingerprint density at radius 2 is 2.54 bits per heavy atom. The Kier molecular flexibility index (Phi) is 2.14. The second kappa shape index (κ2) is 3.30. The summed E-state index contributed by atoms with van der Waals surface area (Å²) in [5, 5.41) is 3.34. The standard InChI is InChI=1S/C9H13N3O/c1-9(3-5-13-6-9)12-8-2-4-10-7-11-8/h2,4,7H,3,5-6H2,1H3,(H,10,11,12). The van der Waals surface area contributed by atoms with Gasteiger partial charge in [-0.05, 0) is 19.4 Å². The van der Waals surface area contributed by atoms with Gasteiger partial charge in [-0.1, -0.05) is 0 Å². The van der Waals surface area contributed by atoms with E-state index in [4.69, 9.17) is 4.74 Å². The van der Waals surface area contributed by atoms with E-state index in [1.54, 1.807) is 12.5 Å². The van der Waals surface area contributed by atoms with Crippen molar-refractivity contribution in [2.24, 2.45) is 0 Å². The van der Waals surface area contributed by atoms with Crippen molar-refractivity contribution in [2.75, 3.05) is 18.5 Å². The molecule has 1 aromatic heterocycles. The molecule has 0 aliphatic carbocycles. The summed E-state index contributed by atoms with van der Waals surface area (Å²) < 4.78 is 5.33. The maximum Gasteiger partial charge on any atom is 0.129 e. The van der Waals surface area contributed by atoms with E-state index in [1.165, 1.54) is 0 Å². The van der Waals surface area contributed by atoms with Gasteiger partial charge in [-0.2, -0.15) is 0 Å². The summed E-state index contributed by atoms with van der Waals surface area (Å²) in [5.74, 6) is 0.864. The normalized spacial score (nSPS) is 27.5. The largest absolute Gasteiger partial charge is 0.379 e. The van der Waals surface area contributed by atoms with E-state index >= 15 is 0 Å². The molecule has 2 heterocycles. The van der Waals surface area contributed by atoms with Crippen LogP contribution in [0, 0.1) is 0 Å². The van der Waals surface area contributed by atoms with Gasteiger partial charge in [0.05, 0.1) is 12.1 Å². The summed E-state index contributed by atoms with van der Waals surface area (Å²) in [4.78, 5) is 7.97. The van der Waals surface area contributed by atoms with Crippen molar-refractivity contribution >= 4 is 5.82 Å². The highest BCUT2D eigenvalue weighted by atomic mass is 16.5. The van der Waals surface area contributed by atoms with Crippen LogP contribution in [0.2, 0.25) is 0 Å². The number of aromatic nitrogens is 2. The number of rotatable bonds is 2. The second-order valence-electron chi connectivity index (χ2n) is 3.58. The van der Waals surface area contributed by atoms with E-state index in [0.29, 0.717) is 0 Å². The molecular formula is C9H13N3O. The maximum absolute atomic E-state index is 5.33. The SMILES string of the molecule is CC1(Nc2ccncn2)CCOC1. The van der Waals surface area contributed by atoms with E-state index in [0.717, 1.165) is 25.5 Å². The van der Waals surface area contributed by atoms with Crippen LogP contribution in [0.1, 0.15) is 13.3 Å². The van der Waals surface area contributed by atoms with E-state index in [2.05, 4.69) is 22.2 Å². The highest BCUT2D eigenvalue weighted by Crippen LogP contribution is 2.21. The number of hydrogen-bond acceptors (Lipinski definition) is 4. The van der Waals surface area contributed by atoms with Crippen LogP contribution in [0.3, 0.4) is 0 Å². The predicted molar refractivity (Wildman–Crippen MR) is 49.5 cm³/mol. The second-order valence-corrected chi connectivity index (χ2v) is 3.58. The van der Waals surface area contributed by atoms with Gasteiger partial charge in [0.1, 0.15) is 12.1 Å². The van der Waals surface area contributed by atoms with E-state index in [-0.39, 0.29) is 5.54 Å². The molecule has 1 aromatic rings. The molecule has 1 aliphatic heterocycles. The minimum Gasteiger partial charge on any atom is -0.379 e. The van der Waals surface area contributed by atoms with Crippen molar-refractivity contribution in [1.82, 2.24) is 9.97 Å². The van der Waals surface area contributed by atoms with Crippen LogP contribution in [0.15, 0.2) is 18.6 Å². The zero-order valence-corrected chi connectivity index (χ0v) is 7.66. The van der Waals surface area contributed by atoms with Crippen LogP contribution in [0.5, 0.6) is 0 Å². The first kappa shape index (κ1) is 8.44. The summed E-state index contributed by atoms with van der Waals surface area (Å²) in [6.07, 6.45) is 4.30. The first-order valence-electron chi connectivity index (χ1n) is 4.40. The summed E-state index contributed by atoms with van der Waals surface area (Å²) in [6, 6.07) is 1.86. The Bertz CT molecular complexity index is 269. The molecule has 1 N–H and O–H groups in total. The molecule has 4 heteroatoms. The van der Waals surface area contributed by atoms with Crippen LogP contribution in [0.25, 0.3) is 0 Å². The van der Waals surface area contributed by atoms with Crippen molar-refractivity contribution < 1.29 is 4.74 Å². The molecule has 13 heavy (non-hydrogen) atoms. The van der Waals surface area contributed by atoms with Gasteiger partial charge < -0.3 is 10.1 Å². The van der Waals surface area contributed by atoms with Crippen molar-refractivity contribution in [3.8, 4) is 0 Å². The van der Waals surface area contributed by atoms with Gasteiger partial charge in [0.15, 0.2) is 0 Å². The number of hydrogen-bond donors (Lipinski definition) is 1. The molecule has 1 unspecified atom stereocenters. The zero-order chi connectivity index (χ0) is 9.15. The highest BCUT2D eigenvalue weighted by molar-refractivity contribution is 5.35. The Balaban J connectivity index is 2.05. The molecule has 0 spiro atoms. The van der Waals surface area contributed by atoms with Crippen molar-refractivity contribution in [3.05, 3.63) is 18.6 Å². The third-order valence-corrected chi connectivity index (χ3v) is 2.23. The van der Waals surface area contributed by atoms with Gasteiger partial charge in [-0.25, -0.2) is 9.97 Å². The first-order chi connectivity index (χ1) is 6.29. The third-order valence-electron chi connectivity index (χ3n) is 2.23. The van der Waals surface area contributed by atoms with Crippen LogP contribution >= 0.6 is 0 Å². The van der Waals surface area contributed by atoms with Crippen molar-refractivity contribution in [3.63, 3.8) is 0 Å². The van der Waals surface area contributed by atoms with E-state index in [1.807, 2.05) is 6.07 Å². The molecule has 0 bridgehead atoms. The molecule has 0 amide bonds. The summed E-state index contributed by atoms with van der Waals surface area (Å²) in [6.45, 7) is 3.72. The lowest BCUT2D eigenvalue weighted by molar-refractivity contribution is 0.185.